The van der Waals surface area contributed by atoms with Crippen LogP contribution < -0.4 is 0 Å². The number of ether oxygens (including phenoxy) is 4. The highest BCUT2D eigenvalue weighted by molar-refractivity contribution is 5.95. The normalized spacial score (nSPS) is 10.0. The predicted octanol–water partition coefficient (Wildman–Crippen LogP) is 0.230. The quantitative estimate of drug-likeness (QED) is 0.349. The van der Waals surface area contributed by atoms with Gasteiger partial charge in [0.05, 0.1) is 19.6 Å². The Labute approximate surface area is 134 Å². The molecule has 0 saturated carbocycles. The van der Waals surface area contributed by atoms with Gasteiger partial charge in [0, 0.05) is 32.6 Å². The predicted molar refractivity (Wildman–Crippen MR) is 78.7 cm³/mol. The van der Waals surface area contributed by atoms with Crippen molar-refractivity contribution in [3.8, 4) is 0 Å². The van der Waals surface area contributed by atoms with Crippen molar-refractivity contribution in [2.75, 3.05) is 40.6 Å². The zero-order valence-corrected chi connectivity index (χ0v) is 13.4. The van der Waals surface area contributed by atoms with Crippen LogP contribution in [0.5, 0.6) is 0 Å². The Hall–Kier alpha value is -2.06. The molecule has 0 aromatic carbocycles. The van der Waals surface area contributed by atoms with E-state index in [9.17, 15) is 19.2 Å². The van der Waals surface area contributed by atoms with Crippen LogP contribution in [-0.2, 0) is 38.1 Å². The van der Waals surface area contributed by atoms with Gasteiger partial charge in [-0.05, 0) is 0 Å². The van der Waals surface area contributed by atoms with Gasteiger partial charge < -0.3 is 18.9 Å². The van der Waals surface area contributed by atoms with Crippen molar-refractivity contribution in [1.29, 1.82) is 0 Å². The van der Waals surface area contributed by atoms with Crippen molar-refractivity contribution in [3.05, 3.63) is 12.2 Å². The molecule has 0 aliphatic carbocycles. The molecule has 0 aromatic heterocycles. The van der Waals surface area contributed by atoms with Gasteiger partial charge in [0.25, 0.3) is 0 Å². The molecule has 130 valence electrons. The van der Waals surface area contributed by atoms with E-state index in [-0.39, 0.29) is 49.8 Å². The van der Waals surface area contributed by atoms with Gasteiger partial charge in [-0.15, -0.1) is 0 Å². The second-order valence-corrected chi connectivity index (χ2v) is 4.58. The Bertz CT molecular complexity index is 441. The lowest BCUT2D eigenvalue weighted by molar-refractivity contribution is -0.149. The van der Waals surface area contributed by atoms with Crippen LogP contribution in [0.25, 0.3) is 0 Å². The molecule has 0 atom stereocenters. The van der Waals surface area contributed by atoms with Crippen molar-refractivity contribution >= 4 is 23.5 Å². The first kappa shape index (κ1) is 20.9. The third-order valence-corrected chi connectivity index (χ3v) is 2.57. The number of carbonyl (C=O) groups excluding carboxylic acids is 4. The lowest BCUT2D eigenvalue weighted by Crippen LogP contribution is -2.19. The highest BCUT2D eigenvalue weighted by Gasteiger charge is 2.16. The summed E-state index contributed by atoms with van der Waals surface area (Å²) in [6.45, 7) is 3.07. The van der Waals surface area contributed by atoms with E-state index in [0.29, 0.717) is 0 Å². The van der Waals surface area contributed by atoms with Gasteiger partial charge in [-0.3, -0.25) is 14.4 Å². The maximum atomic E-state index is 11.5. The standard InChI is InChI=1S/C15H22O8/c1-11(15(19)23-10-13(17)5-7-21-3)8-14(18)22-9-12(16)4-6-20-2/h1,4-10H2,2-3H3. The van der Waals surface area contributed by atoms with Crippen LogP contribution in [0, 0.1) is 0 Å². The van der Waals surface area contributed by atoms with Crippen LogP contribution in [0.1, 0.15) is 19.3 Å². The number of hydrogen-bond donors (Lipinski definition) is 0. The molecule has 0 amide bonds. The van der Waals surface area contributed by atoms with Crippen molar-refractivity contribution in [2.24, 2.45) is 0 Å². The second-order valence-electron chi connectivity index (χ2n) is 4.58. The molecule has 23 heavy (non-hydrogen) atoms. The van der Waals surface area contributed by atoms with Crippen molar-refractivity contribution in [1.82, 2.24) is 0 Å². The van der Waals surface area contributed by atoms with Crippen LogP contribution in [0.3, 0.4) is 0 Å². The van der Waals surface area contributed by atoms with E-state index in [1.54, 1.807) is 0 Å². The number of hydrogen-bond acceptors (Lipinski definition) is 8. The van der Waals surface area contributed by atoms with Gasteiger partial charge in [0.1, 0.15) is 13.2 Å². The summed E-state index contributed by atoms with van der Waals surface area (Å²) in [7, 11) is 2.90. The Morgan fingerprint density at radius 1 is 0.826 bits per heavy atom. The largest absolute Gasteiger partial charge is 0.457 e. The van der Waals surface area contributed by atoms with E-state index in [2.05, 4.69) is 6.58 Å². The summed E-state index contributed by atoms with van der Waals surface area (Å²) in [5.41, 5.74) is -0.154. The summed E-state index contributed by atoms with van der Waals surface area (Å²) < 4.78 is 18.8. The summed E-state index contributed by atoms with van der Waals surface area (Å²) in [6.07, 6.45) is -0.152. The lowest BCUT2D eigenvalue weighted by atomic mass is 10.2. The molecule has 0 aliphatic rings. The minimum atomic E-state index is -0.863. The fourth-order valence-electron chi connectivity index (χ4n) is 1.28. The lowest BCUT2D eigenvalue weighted by Gasteiger charge is -2.07. The summed E-state index contributed by atoms with van der Waals surface area (Å²) >= 11 is 0. The molecular formula is C15H22O8. The van der Waals surface area contributed by atoms with E-state index in [0.717, 1.165) is 0 Å². The molecule has 0 aliphatic heterocycles. The van der Waals surface area contributed by atoms with E-state index >= 15 is 0 Å². The molecule has 8 nitrogen and oxygen atoms in total. The van der Waals surface area contributed by atoms with Gasteiger partial charge in [-0.2, -0.15) is 0 Å². The SMILES string of the molecule is C=C(CC(=O)OCC(=O)CCOC)C(=O)OCC(=O)CCOC. The number of carbonyl (C=O) groups is 4. The molecule has 0 N–H and O–H groups in total. The number of rotatable bonds is 13. The number of methoxy groups -OCH3 is 2. The summed E-state index contributed by atoms with van der Waals surface area (Å²) in [5.74, 6) is -2.24. The summed E-state index contributed by atoms with van der Waals surface area (Å²) in [4.78, 5) is 45.6. The van der Waals surface area contributed by atoms with Crippen LogP contribution in [0.2, 0.25) is 0 Å². The van der Waals surface area contributed by atoms with Crippen LogP contribution in [0.15, 0.2) is 12.2 Å². The summed E-state index contributed by atoms with van der Waals surface area (Å²) in [5, 5.41) is 0. The van der Waals surface area contributed by atoms with Crippen LogP contribution >= 0.6 is 0 Å². The van der Waals surface area contributed by atoms with Gasteiger partial charge in [-0.25, -0.2) is 4.79 Å². The Morgan fingerprint density at radius 2 is 1.30 bits per heavy atom. The average molecular weight is 330 g/mol. The van der Waals surface area contributed by atoms with Gasteiger partial charge in [-0.1, -0.05) is 6.58 Å². The first-order valence-corrected chi connectivity index (χ1v) is 6.92. The molecule has 0 heterocycles. The average Bonchev–Trinajstić information content (AvgIpc) is 2.53. The van der Waals surface area contributed by atoms with E-state index < -0.39 is 25.0 Å². The van der Waals surface area contributed by atoms with Crippen LogP contribution in [-0.4, -0.2) is 64.2 Å². The third-order valence-electron chi connectivity index (χ3n) is 2.57. The zero-order valence-electron chi connectivity index (χ0n) is 13.4. The molecule has 0 spiro atoms. The molecule has 8 heteroatoms. The van der Waals surface area contributed by atoms with Crippen molar-refractivity contribution in [2.45, 2.75) is 19.3 Å². The van der Waals surface area contributed by atoms with Gasteiger partial charge in [0.2, 0.25) is 0 Å². The monoisotopic (exact) mass is 330 g/mol. The number of Topliss-reactive ketones (excluding diaryl/α,β-unsaturated/α-hetero) is 2. The molecular weight excluding hydrogens is 308 g/mol. The second kappa shape index (κ2) is 12.5. The number of ketones is 2. The molecule has 0 saturated heterocycles. The van der Waals surface area contributed by atoms with E-state index in [1.807, 2.05) is 0 Å². The first-order chi connectivity index (χ1) is 10.9. The summed E-state index contributed by atoms with van der Waals surface area (Å²) in [6, 6.07) is 0. The molecule has 0 bridgehead atoms. The minimum absolute atomic E-state index is 0.127. The van der Waals surface area contributed by atoms with Gasteiger partial charge in [0.15, 0.2) is 11.6 Å². The maximum absolute atomic E-state index is 11.5. The van der Waals surface area contributed by atoms with E-state index in [1.165, 1.54) is 14.2 Å². The van der Waals surface area contributed by atoms with Crippen molar-refractivity contribution < 1.29 is 38.1 Å². The molecule has 0 fully saturated rings. The fourth-order valence-corrected chi connectivity index (χ4v) is 1.28. The smallest absolute Gasteiger partial charge is 0.334 e. The molecule has 0 unspecified atom stereocenters. The Morgan fingerprint density at radius 3 is 1.78 bits per heavy atom. The Balaban J connectivity index is 3.97. The highest BCUT2D eigenvalue weighted by atomic mass is 16.5. The first-order valence-electron chi connectivity index (χ1n) is 6.92. The molecule has 0 radical (unpaired) electrons. The highest BCUT2D eigenvalue weighted by Crippen LogP contribution is 2.04. The Kier molecular flexibility index (Phi) is 11.4. The third kappa shape index (κ3) is 11.2. The van der Waals surface area contributed by atoms with Gasteiger partial charge >= 0.3 is 11.9 Å². The maximum Gasteiger partial charge on any atom is 0.334 e. The van der Waals surface area contributed by atoms with Crippen LogP contribution in [0.4, 0.5) is 0 Å². The minimum Gasteiger partial charge on any atom is -0.457 e. The number of esters is 2. The van der Waals surface area contributed by atoms with Crippen molar-refractivity contribution in [3.63, 3.8) is 0 Å². The van der Waals surface area contributed by atoms with E-state index in [4.69, 9.17) is 18.9 Å². The molecule has 0 aromatic rings. The molecule has 0 rings (SSSR count). The topological polar surface area (TPSA) is 105 Å². The fraction of sp³-hybridized carbons (Fsp3) is 0.600. The zero-order chi connectivity index (χ0) is 17.7.